The Kier molecular flexibility index (Phi) is 33.6. The van der Waals surface area contributed by atoms with Crippen molar-refractivity contribution in [2.75, 3.05) is 13.2 Å². The molecule has 0 N–H and O–H groups in total. The largest absolute Gasteiger partial charge is 0.462 e. The fourth-order valence-electron chi connectivity index (χ4n) is 5.30. The van der Waals surface area contributed by atoms with Crippen molar-refractivity contribution in [2.45, 2.75) is 207 Å². The fraction of sp³-hybridized carbons (Fsp3) is 0.872. The predicted molar refractivity (Wildman–Crippen MR) is 187 cm³/mol. The van der Waals surface area contributed by atoms with Gasteiger partial charge in [0.2, 0.25) is 0 Å². The molecule has 6 nitrogen and oxygen atoms in total. The van der Waals surface area contributed by atoms with Crippen molar-refractivity contribution >= 4 is 17.9 Å². The van der Waals surface area contributed by atoms with Crippen LogP contribution in [0.1, 0.15) is 201 Å². The van der Waals surface area contributed by atoms with E-state index in [1.54, 1.807) is 0 Å². The Morgan fingerprint density at radius 2 is 0.756 bits per heavy atom. The van der Waals surface area contributed by atoms with E-state index >= 15 is 0 Å². The average Bonchev–Trinajstić information content (AvgIpc) is 3.03. The molecule has 0 aromatic heterocycles. The van der Waals surface area contributed by atoms with Gasteiger partial charge < -0.3 is 14.2 Å². The van der Waals surface area contributed by atoms with Crippen LogP contribution in [-0.2, 0) is 28.6 Å². The van der Waals surface area contributed by atoms with Gasteiger partial charge in [-0.3, -0.25) is 14.4 Å². The van der Waals surface area contributed by atoms with Crippen LogP contribution in [0.2, 0.25) is 0 Å². The number of hydrogen-bond donors (Lipinski definition) is 0. The van der Waals surface area contributed by atoms with Gasteiger partial charge in [0, 0.05) is 19.3 Å². The lowest BCUT2D eigenvalue weighted by Crippen LogP contribution is -2.30. The molecule has 45 heavy (non-hydrogen) atoms. The van der Waals surface area contributed by atoms with Crippen LogP contribution in [0.25, 0.3) is 0 Å². The summed E-state index contributed by atoms with van der Waals surface area (Å²) < 4.78 is 16.5. The Hall–Kier alpha value is -1.85. The summed E-state index contributed by atoms with van der Waals surface area (Å²) in [6, 6.07) is 0. The molecule has 0 rings (SSSR count). The molecule has 0 aliphatic carbocycles. The van der Waals surface area contributed by atoms with E-state index in [2.05, 4.69) is 32.9 Å². The van der Waals surface area contributed by atoms with Crippen molar-refractivity contribution in [1.29, 1.82) is 0 Å². The molecule has 0 aromatic rings. The molecule has 0 fully saturated rings. The Morgan fingerprint density at radius 3 is 1.18 bits per heavy atom. The van der Waals surface area contributed by atoms with Crippen LogP contribution >= 0.6 is 0 Å². The first-order chi connectivity index (χ1) is 22.0. The molecule has 0 saturated heterocycles. The topological polar surface area (TPSA) is 78.9 Å². The van der Waals surface area contributed by atoms with E-state index in [9.17, 15) is 14.4 Å². The third-order valence-corrected chi connectivity index (χ3v) is 8.27. The van der Waals surface area contributed by atoms with Gasteiger partial charge in [0.05, 0.1) is 0 Å². The Bertz CT molecular complexity index is 704. The molecule has 6 heteroatoms. The zero-order chi connectivity index (χ0) is 33.1. The van der Waals surface area contributed by atoms with Crippen molar-refractivity contribution in [3.63, 3.8) is 0 Å². The van der Waals surface area contributed by atoms with E-state index in [-0.39, 0.29) is 31.1 Å². The van der Waals surface area contributed by atoms with Gasteiger partial charge in [0.25, 0.3) is 0 Å². The van der Waals surface area contributed by atoms with Crippen molar-refractivity contribution < 1.29 is 28.6 Å². The van der Waals surface area contributed by atoms with Gasteiger partial charge >= 0.3 is 17.9 Å². The number of allylic oxidation sites excluding steroid dienone is 2. The van der Waals surface area contributed by atoms with E-state index < -0.39 is 6.10 Å². The third kappa shape index (κ3) is 33.3. The summed E-state index contributed by atoms with van der Waals surface area (Å²) >= 11 is 0. The van der Waals surface area contributed by atoms with E-state index in [0.29, 0.717) is 19.3 Å². The number of esters is 3. The van der Waals surface area contributed by atoms with Crippen molar-refractivity contribution in [1.82, 2.24) is 0 Å². The molecule has 0 aliphatic rings. The lowest BCUT2D eigenvalue weighted by atomic mass is 10.1. The molecular weight excluding hydrogens is 564 g/mol. The maximum atomic E-state index is 12.5. The van der Waals surface area contributed by atoms with Gasteiger partial charge in [-0.15, -0.1) is 0 Å². The normalized spacial score (nSPS) is 12.0. The smallest absolute Gasteiger partial charge is 0.306 e. The lowest BCUT2D eigenvalue weighted by Gasteiger charge is -2.18. The number of rotatable bonds is 34. The van der Waals surface area contributed by atoms with Crippen LogP contribution in [-0.4, -0.2) is 37.2 Å². The van der Waals surface area contributed by atoms with Gasteiger partial charge in [-0.05, 0) is 38.5 Å². The van der Waals surface area contributed by atoms with Gasteiger partial charge in [0.1, 0.15) is 13.2 Å². The molecule has 264 valence electrons. The predicted octanol–water partition coefficient (Wildman–Crippen LogP) is 11.5. The minimum Gasteiger partial charge on any atom is -0.462 e. The average molecular weight is 637 g/mol. The highest BCUT2D eigenvalue weighted by molar-refractivity contribution is 5.71. The number of carbonyl (C=O) groups excluding carboxylic acids is 3. The molecule has 0 amide bonds. The Labute approximate surface area is 278 Å². The van der Waals surface area contributed by atoms with Crippen molar-refractivity contribution in [3.05, 3.63) is 12.2 Å². The second kappa shape index (κ2) is 35.0. The second-order valence-corrected chi connectivity index (χ2v) is 12.8. The standard InChI is InChI=1S/C39H72O6/c1-4-7-10-13-16-18-19-21-23-26-29-32-38(41)44-35-36(34-43-37(40)31-28-25-22-15-12-9-6-3)45-39(42)33-30-27-24-20-17-14-11-8-5-2/h13,16,36H,4-12,14-15,17-35H2,1-3H3/b16-13-. The summed E-state index contributed by atoms with van der Waals surface area (Å²) in [4.78, 5) is 37.2. The Morgan fingerprint density at radius 1 is 0.422 bits per heavy atom. The molecule has 1 unspecified atom stereocenters. The summed E-state index contributed by atoms with van der Waals surface area (Å²) in [5.41, 5.74) is 0. The molecule has 0 bridgehead atoms. The lowest BCUT2D eigenvalue weighted by molar-refractivity contribution is -0.167. The molecule has 0 saturated carbocycles. The summed E-state index contributed by atoms with van der Waals surface area (Å²) in [7, 11) is 0. The SMILES string of the molecule is CCCC/C=C\CCCCCCCC(=O)OCC(COC(=O)CCCCCCCCC)OC(=O)CCCCCCCCCCC. The van der Waals surface area contributed by atoms with Crippen molar-refractivity contribution in [2.24, 2.45) is 0 Å². The van der Waals surface area contributed by atoms with E-state index in [1.807, 2.05) is 0 Å². The number of unbranched alkanes of at least 4 members (excludes halogenated alkanes) is 21. The maximum absolute atomic E-state index is 12.5. The van der Waals surface area contributed by atoms with Gasteiger partial charge in [0.15, 0.2) is 6.10 Å². The third-order valence-electron chi connectivity index (χ3n) is 8.27. The molecule has 0 spiro atoms. The molecule has 1 atom stereocenters. The van der Waals surface area contributed by atoms with Crippen LogP contribution in [0, 0.1) is 0 Å². The summed E-state index contributed by atoms with van der Waals surface area (Å²) in [5.74, 6) is -0.892. The highest BCUT2D eigenvalue weighted by atomic mass is 16.6. The van der Waals surface area contributed by atoms with Crippen LogP contribution in [0.4, 0.5) is 0 Å². The summed E-state index contributed by atoms with van der Waals surface area (Å²) in [6.07, 6.45) is 33.5. The number of ether oxygens (including phenoxy) is 3. The maximum Gasteiger partial charge on any atom is 0.306 e. The van der Waals surface area contributed by atoms with E-state index in [4.69, 9.17) is 14.2 Å². The highest BCUT2D eigenvalue weighted by Crippen LogP contribution is 2.13. The second-order valence-electron chi connectivity index (χ2n) is 12.8. The first-order valence-electron chi connectivity index (χ1n) is 19.2. The number of carbonyl (C=O) groups is 3. The van der Waals surface area contributed by atoms with Crippen molar-refractivity contribution in [3.8, 4) is 0 Å². The summed E-state index contributed by atoms with van der Waals surface area (Å²) in [5, 5.41) is 0. The molecule has 0 aliphatic heterocycles. The summed E-state index contributed by atoms with van der Waals surface area (Å²) in [6.45, 7) is 6.51. The van der Waals surface area contributed by atoms with Gasteiger partial charge in [-0.1, -0.05) is 155 Å². The zero-order valence-corrected chi connectivity index (χ0v) is 29.9. The van der Waals surface area contributed by atoms with E-state index in [1.165, 1.54) is 96.3 Å². The quantitative estimate of drug-likeness (QED) is 0.0303. The minimum atomic E-state index is -0.761. The first-order valence-corrected chi connectivity index (χ1v) is 19.2. The molecule has 0 radical (unpaired) electrons. The number of hydrogen-bond acceptors (Lipinski definition) is 6. The molecule has 0 aromatic carbocycles. The Balaban J connectivity index is 4.35. The molecule has 0 heterocycles. The highest BCUT2D eigenvalue weighted by Gasteiger charge is 2.19. The molecular formula is C39H72O6. The zero-order valence-electron chi connectivity index (χ0n) is 29.9. The van der Waals surface area contributed by atoms with E-state index in [0.717, 1.165) is 64.2 Å². The van der Waals surface area contributed by atoms with Crippen LogP contribution in [0.5, 0.6) is 0 Å². The monoisotopic (exact) mass is 637 g/mol. The minimum absolute atomic E-state index is 0.0704. The van der Waals surface area contributed by atoms with Crippen LogP contribution in [0.3, 0.4) is 0 Å². The first kappa shape index (κ1) is 43.1. The van der Waals surface area contributed by atoms with Gasteiger partial charge in [-0.25, -0.2) is 0 Å². The van der Waals surface area contributed by atoms with Crippen LogP contribution in [0.15, 0.2) is 12.2 Å². The fourth-order valence-corrected chi connectivity index (χ4v) is 5.30. The van der Waals surface area contributed by atoms with Crippen LogP contribution < -0.4 is 0 Å². The van der Waals surface area contributed by atoms with Gasteiger partial charge in [-0.2, -0.15) is 0 Å².